The van der Waals surface area contributed by atoms with E-state index in [4.69, 9.17) is 4.74 Å². The Balaban J connectivity index is 1.57. The lowest BCUT2D eigenvalue weighted by Crippen LogP contribution is -2.46. The van der Waals surface area contributed by atoms with Gasteiger partial charge in [-0.15, -0.1) is 0 Å². The predicted octanol–water partition coefficient (Wildman–Crippen LogP) is 1.82. The molecule has 1 aliphatic rings. The largest absolute Gasteiger partial charge is 0.376 e. The molecule has 2 heterocycles. The molecule has 2 N–H and O–H groups in total. The summed E-state index contributed by atoms with van der Waals surface area (Å²) in [6.07, 6.45) is 3.95. The number of ether oxygens (including phenoxy) is 1. The molecule has 2 amide bonds. The van der Waals surface area contributed by atoms with E-state index in [9.17, 15) is 4.79 Å². The van der Waals surface area contributed by atoms with Gasteiger partial charge in [-0.25, -0.2) is 9.78 Å². The molecule has 1 saturated heterocycles. The second-order valence-corrected chi connectivity index (χ2v) is 6.80. The number of aromatic nitrogens is 2. The van der Waals surface area contributed by atoms with Gasteiger partial charge in [0, 0.05) is 32.8 Å². The maximum Gasteiger partial charge on any atom is 0.317 e. The first-order valence-corrected chi connectivity index (χ1v) is 8.83. The summed E-state index contributed by atoms with van der Waals surface area (Å²) in [6, 6.07) is 5.94. The van der Waals surface area contributed by atoms with Gasteiger partial charge in [-0.2, -0.15) is 0 Å². The molecule has 1 fully saturated rings. The van der Waals surface area contributed by atoms with E-state index < -0.39 is 0 Å². The normalized spacial score (nSPS) is 17.3. The van der Waals surface area contributed by atoms with Crippen molar-refractivity contribution in [1.82, 2.24) is 25.1 Å². The van der Waals surface area contributed by atoms with Crippen LogP contribution in [0.1, 0.15) is 18.4 Å². The van der Waals surface area contributed by atoms with E-state index in [0.29, 0.717) is 19.6 Å². The Bertz CT molecular complexity index is 694. The number of H-pyrrole nitrogens is 1. The average molecular weight is 345 g/mol. The van der Waals surface area contributed by atoms with Crippen LogP contribution in [0.25, 0.3) is 11.0 Å². The maximum absolute atomic E-state index is 12.7. The highest BCUT2D eigenvalue weighted by Crippen LogP contribution is 2.14. The van der Waals surface area contributed by atoms with Crippen molar-refractivity contribution in [3.8, 4) is 0 Å². The molecule has 1 aliphatic heterocycles. The first-order valence-electron chi connectivity index (χ1n) is 8.83. The Morgan fingerprint density at radius 1 is 1.40 bits per heavy atom. The van der Waals surface area contributed by atoms with E-state index in [2.05, 4.69) is 20.2 Å². The summed E-state index contributed by atoms with van der Waals surface area (Å²) in [5.41, 5.74) is 2.96. The lowest BCUT2D eigenvalue weighted by Gasteiger charge is -2.27. The lowest BCUT2D eigenvalue weighted by atomic mass is 10.2. The van der Waals surface area contributed by atoms with Crippen molar-refractivity contribution < 1.29 is 9.53 Å². The number of hydrogen-bond acceptors (Lipinski definition) is 4. The van der Waals surface area contributed by atoms with Gasteiger partial charge in [0.25, 0.3) is 0 Å². The summed E-state index contributed by atoms with van der Waals surface area (Å²) in [4.78, 5) is 23.9. The Labute approximate surface area is 148 Å². The van der Waals surface area contributed by atoms with Crippen LogP contribution in [0.5, 0.6) is 0 Å². The number of fused-ring (bicyclic) bond motifs is 1. The van der Waals surface area contributed by atoms with Crippen LogP contribution < -0.4 is 5.32 Å². The molecule has 0 saturated carbocycles. The fourth-order valence-electron chi connectivity index (χ4n) is 3.01. The molecule has 25 heavy (non-hydrogen) atoms. The van der Waals surface area contributed by atoms with Crippen LogP contribution in [0.2, 0.25) is 0 Å². The third kappa shape index (κ3) is 4.93. The van der Waals surface area contributed by atoms with Gasteiger partial charge in [-0.3, -0.25) is 0 Å². The zero-order chi connectivity index (χ0) is 17.6. The molecule has 3 rings (SSSR count). The molecule has 2 aromatic rings. The number of nitrogens with one attached hydrogen (secondary N) is 2. The third-order valence-electron chi connectivity index (χ3n) is 4.48. The second kappa shape index (κ2) is 8.31. The van der Waals surface area contributed by atoms with Crippen LogP contribution in [0.4, 0.5) is 4.79 Å². The molecular weight excluding hydrogens is 318 g/mol. The van der Waals surface area contributed by atoms with Crippen LogP contribution in [0.3, 0.4) is 0 Å². The quantitative estimate of drug-likeness (QED) is 0.803. The van der Waals surface area contributed by atoms with Gasteiger partial charge in [0.1, 0.15) is 0 Å². The van der Waals surface area contributed by atoms with Crippen LogP contribution >= 0.6 is 0 Å². The first kappa shape index (κ1) is 17.7. The number of amides is 2. The Kier molecular flexibility index (Phi) is 5.88. The van der Waals surface area contributed by atoms with E-state index in [1.807, 2.05) is 37.2 Å². The highest BCUT2D eigenvalue weighted by Gasteiger charge is 2.22. The molecule has 1 aromatic heterocycles. The van der Waals surface area contributed by atoms with Crippen molar-refractivity contribution >= 4 is 17.1 Å². The summed E-state index contributed by atoms with van der Waals surface area (Å²) < 4.78 is 5.70. The lowest BCUT2D eigenvalue weighted by molar-refractivity contribution is 0.0795. The number of nitrogens with zero attached hydrogens (tertiary/aromatic N) is 3. The van der Waals surface area contributed by atoms with Gasteiger partial charge in [0.2, 0.25) is 0 Å². The van der Waals surface area contributed by atoms with Gasteiger partial charge < -0.3 is 24.8 Å². The van der Waals surface area contributed by atoms with Gasteiger partial charge in [-0.1, -0.05) is 6.07 Å². The first-order chi connectivity index (χ1) is 12.1. The molecule has 1 atom stereocenters. The Hall–Kier alpha value is -2.12. The fraction of sp³-hybridized carbons (Fsp3) is 0.556. The number of carbonyl (C=O) groups is 1. The van der Waals surface area contributed by atoms with E-state index in [1.165, 1.54) is 0 Å². The SMILES string of the molecule is CN(C)CCN(C[C@@H]1CCCO1)C(=O)NCc1ccc2nc[nH]c2c1. The van der Waals surface area contributed by atoms with Crippen molar-refractivity contribution in [2.75, 3.05) is 40.3 Å². The minimum absolute atomic E-state index is 0.0398. The zero-order valence-corrected chi connectivity index (χ0v) is 15.0. The molecule has 136 valence electrons. The minimum Gasteiger partial charge on any atom is -0.376 e. The Morgan fingerprint density at radius 2 is 2.28 bits per heavy atom. The molecular formula is C18H27N5O2. The molecule has 7 nitrogen and oxygen atoms in total. The summed E-state index contributed by atoms with van der Waals surface area (Å²) in [7, 11) is 4.03. The molecule has 0 radical (unpaired) electrons. The van der Waals surface area contributed by atoms with Gasteiger partial charge in [-0.05, 0) is 44.6 Å². The highest BCUT2D eigenvalue weighted by atomic mass is 16.5. The van der Waals surface area contributed by atoms with Crippen molar-refractivity contribution in [3.63, 3.8) is 0 Å². The second-order valence-electron chi connectivity index (χ2n) is 6.80. The summed E-state index contributed by atoms with van der Waals surface area (Å²) >= 11 is 0. The smallest absolute Gasteiger partial charge is 0.317 e. The number of imidazole rings is 1. The highest BCUT2D eigenvalue weighted by molar-refractivity contribution is 5.76. The molecule has 0 unspecified atom stereocenters. The number of aromatic amines is 1. The third-order valence-corrected chi connectivity index (χ3v) is 4.48. The average Bonchev–Trinajstić information content (AvgIpc) is 3.27. The minimum atomic E-state index is -0.0398. The van der Waals surface area contributed by atoms with Crippen LogP contribution in [0, 0.1) is 0 Å². The number of rotatable bonds is 7. The number of benzene rings is 1. The van der Waals surface area contributed by atoms with Gasteiger partial charge in [0.05, 0.1) is 23.5 Å². The van der Waals surface area contributed by atoms with Crippen molar-refractivity contribution in [3.05, 3.63) is 30.1 Å². The van der Waals surface area contributed by atoms with Crippen LogP contribution in [-0.4, -0.2) is 72.2 Å². The van der Waals surface area contributed by atoms with E-state index in [0.717, 1.165) is 42.6 Å². The summed E-state index contributed by atoms with van der Waals surface area (Å²) in [5, 5.41) is 3.03. The standard InChI is InChI=1S/C18H27N5O2/c1-22(2)7-8-23(12-15-4-3-9-25-15)18(24)19-11-14-5-6-16-17(10-14)21-13-20-16/h5-6,10,13,15H,3-4,7-9,11-12H2,1-2H3,(H,19,24)(H,20,21)/t15-/m0/s1. The summed E-state index contributed by atoms with van der Waals surface area (Å²) in [5.74, 6) is 0. The van der Waals surface area contributed by atoms with Gasteiger partial charge >= 0.3 is 6.03 Å². The van der Waals surface area contributed by atoms with Crippen LogP contribution in [0.15, 0.2) is 24.5 Å². The molecule has 1 aromatic carbocycles. The predicted molar refractivity (Wildman–Crippen MR) is 97.4 cm³/mol. The van der Waals surface area contributed by atoms with E-state index >= 15 is 0 Å². The fourth-order valence-corrected chi connectivity index (χ4v) is 3.01. The Morgan fingerprint density at radius 3 is 3.04 bits per heavy atom. The van der Waals surface area contributed by atoms with Crippen molar-refractivity contribution in [1.29, 1.82) is 0 Å². The van der Waals surface area contributed by atoms with E-state index in [1.54, 1.807) is 6.33 Å². The molecule has 0 bridgehead atoms. The number of likely N-dealkylation sites (N-methyl/N-ethyl adjacent to an activating group) is 1. The van der Waals surface area contributed by atoms with E-state index in [-0.39, 0.29) is 12.1 Å². The number of urea groups is 1. The molecule has 0 aliphatic carbocycles. The molecule has 0 spiro atoms. The molecule has 7 heteroatoms. The van der Waals surface area contributed by atoms with Gasteiger partial charge in [0.15, 0.2) is 0 Å². The topological polar surface area (TPSA) is 73.5 Å². The number of hydrogen-bond donors (Lipinski definition) is 2. The summed E-state index contributed by atoms with van der Waals surface area (Å²) in [6.45, 7) is 3.48. The maximum atomic E-state index is 12.7. The van der Waals surface area contributed by atoms with Crippen LogP contribution in [-0.2, 0) is 11.3 Å². The van der Waals surface area contributed by atoms with Crippen molar-refractivity contribution in [2.24, 2.45) is 0 Å². The zero-order valence-electron chi connectivity index (χ0n) is 15.0. The van der Waals surface area contributed by atoms with Crippen molar-refractivity contribution in [2.45, 2.75) is 25.5 Å². The number of carbonyl (C=O) groups excluding carboxylic acids is 1. The monoisotopic (exact) mass is 345 g/mol.